The lowest BCUT2D eigenvalue weighted by atomic mass is 10.1. The summed E-state index contributed by atoms with van der Waals surface area (Å²) in [5.41, 5.74) is 0. The molecule has 0 radical (unpaired) electrons. The number of ether oxygens (including phenoxy) is 1. The van der Waals surface area contributed by atoms with Crippen LogP contribution in [0, 0.1) is 0 Å². The van der Waals surface area contributed by atoms with E-state index in [1.54, 1.807) is 0 Å². The first-order valence-electron chi connectivity index (χ1n) is 2.97. The summed E-state index contributed by atoms with van der Waals surface area (Å²) in [4.78, 5) is 0. The molecule has 0 unspecified atom stereocenters. The molecule has 60 valence electrons. The molecule has 10 heavy (non-hydrogen) atoms. The zero-order chi connectivity index (χ0) is 7.72. The SMILES string of the molecule is OC[C@@H]1O[C@H](O)[C@@H](O)[C@@H]1O. The van der Waals surface area contributed by atoms with Crippen LogP contribution in [0.1, 0.15) is 0 Å². The minimum atomic E-state index is -1.38. The van der Waals surface area contributed by atoms with Crippen LogP contribution in [-0.2, 0) is 4.74 Å². The van der Waals surface area contributed by atoms with E-state index < -0.39 is 31.2 Å². The molecule has 4 N–H and O–H groups in total. The van der Waals surface area contributed by atoms with Crippen LogP contribution in [0.15, 0.2) is 0 Å². The van der Waals surface area contributed by atoms with Crippen molar-refractivity contribution >= 4 is 0 Å². The van der Waals surface area contributed by atoms with Crippen molar-refractivity contribution < 1.29 is 25.2 Å². The molecule has 5 nitrogen and oxygen atoms in total. The quantitative estimate of drug-likeness (QED) is 0.329. The van der Waals surface area contributed by atoms with Gasteiger partial charge in [-0.15, -0.1) is 0 Å². The molecule has 1 aliphatic rings. The Labute approximate surface area is 57.5 Å². The first-order chi connectivity index (χ1) is 4.66. The van der Waals surface area contributed by atoms with Gasteiger partial charge in [-0.05, 0) is 0 Å². The van der Waals surface area contributed by atoms with Crippen molar-refractivity contribution in [2.24, 2.45) is 0 Å². The van der Waals surface area contributed by atoms with Gasteiger partial charge in [-0.25, -0.2) is 0 Å². The zero-order valence-corrected chi connectivity index (χ0v) is 5.21. The fourth-order valence-corrected chi connectivity index (χ4v) is 0.880. The van der Waals surface area contributed by atoms with Crippen LogP contribution < -0.4 is 0 Å². The van der Waals surface area contributed by atoms with Crippen LogP contribution in [0.25, 0.3) is 0 Å². The molecule has 0 aromatic rings. The number of aliphatic hydroxyl groups excluding tert-OH is 4. The average Bonchev–Trinajstić information content (AvgIpc) is 2.17. The Morgan fingerprint density at radius 1 is 1.10 bits per heavy atom. The highest BCUT2D eigenvalue weighted by Crippen LogP contribution is 2.18. The number of hydrogen-bond donors (Lipinski definition) is 4. The fraction of sp³-hybridized carbons (Fsp3) is 1.00. The Morgan fingerprint density at radius 2 is 1.70 bits per heavy atom. The number of rotatable bonds is 1. The average molecular weight is 150 g/mol. The summed E-state index contributed by atoms with van der Waals surface area (Å²) in [5.74, 6) is 0. The van der Waals surface area contributed by atoms with Crippen LogP contribution in [-0.4, -0.2) is 51.6 Å². The second-order valence-corrected chi connectivity index (χ2v) is 2.23. The highest BCUT2D eigenvalue weighted by Gasteiger charge is 2.41. The smallest absolute Gasteiger partial charge is 0.184 e. The topological polar surface area (TPSA) is 90.2 Å². The minimum absolute atomic E-state index is 0.407. The highest BCUT2D eigenvalue weighted by molar-refractivity contribution is 4.84. The summed E-state index contributed by atoms with van der Waals surface area (Å²) in [6.07, 6.45) is -4.76. The van der Waals surface area contributed by atoms with Gasteiger partial charge in [0.05, 0.1) is 6.61 Å². The van der Waals surface area contributed by atoms with E-state index in [-0.39, 0.29) is 0 Å². The molecule has 0 aliphatic carbocycles. The van der Waals surface area contributed by atoms with Crippen LogP contribution in [0.4, 0.5) is 0 Å². The third-order valence-electron chi connectivity index (χ3n) is 1.52. The van der Waals surface area contributed by atoms with Crippen LogP contribution in [0.3, 0.4) is 0 Å². The summed E-state index contributed by atoms with van der Waals surface area (Å²) in [7, 11) is 0. The van der Waals surface area contributed by atoms with Crippen LogP contribution >= 0.6 is 0 Å². The molecular weight excluding hydrogens is 140 g/mol. The van der Waals surface area contributed by atoms with E-state index in [2.05, 4.69) is 4.74 Å². The van der Waals surface area contributed by atoms with Gasteiger partial charge < -0.3 is 25.2 Å². The van der Waals surface area contributed by atoms with Gasteiger partial charge in [0.1, 0.15) is 18.3 Å². The molecule has 5 heteroatoms. The summed E-state index contributed by atoms with van der Waals surface area (Å²) < 4.78 is 4.54. The third kappa shape index (κ3) is 1.14. The van der Waals surface area contributed by atoms with Gasteiger partial charge in [-0.2, -0.15) is 0 Å². The van der Waals surface area contributed by atoms with Crippen molar-refractivity contribution in [3.63, 3.8) is 0 Å². The molecule has 0 aromatic heterocycles. The molecule has 1 fully saturated rings. The Bertz CT molecular complexity index is 117. The van der Waals surface area contributed by atoms with Crippen molar-refractivity contribution in [1.29, 1.82) is 0 Å². The van der Waals surface area contributed by atoms with E-state index in [0.717, 1.165) is 0 Å². The van der Waals surface area contributed by atoms with Gasteiger partial charge in [0, 0.05) is 0 Å². The zero-order valence-electron chi connectivity index (χ0n) is 5.21. The Balaban J connectivity index is 2.53. The normalized spacial score (nSPS) is 48.0. The van der Waals surface area contributed by atoms with E-state index in [0.29, 0.717) is 0 Å². The van der Waals surface area contributed by atoms with E-state index in [4.69, 9.17) is 20.4 Å². The van der Waals surface area contributed by atoms with E-state index >= 15 is 0 Å². The van der Waals surface area contributed by atoms with Gasteiger partial charge in [-0.1, -0.05) is 0 Å². The molecule has 0 saturated carbocycles. The monoisotopic (exact) mass is 150 g/mol. The lowest BCUT2D eigenvalue weighted by Crippen LogP contribution is -2.33. The molecule has 0 aromatic carbocycles. The molecule has 4 atom stereocenters. The first kappa shape index (κ1) is 7.90. The predicted molar refractivity (Wildman–Crippen MR) is 30.0 cm³/mol. The molecule has 1 heterocycles. The van der Waals surface area contributed by atoms with Gasteiger partial charge in [-0.3, -0.25) is 0 Å². The largest absolute Gasteiger partial charge is 0.394 e. The van der Waals surface area contributed by atoms with Crippen molar-refractivity contribution in [3.8, 4) is 0 Å². The second-order valence-electron chi connectivity index (χ2n) is 2.23. The van der Waals surface area contributed by atoms with Gasteiger partial charge in [0.25, 0.3) is 0 Å². The number of aliphatic hydroxyl groups is 4. The van der Waals surface area contributed by atoms with Crippen LogP contribution in [0.5, 0.6) is 0 Å². The predicted octanol–water partition coefficient (Wildman–Crippen LogP) is -2.58. The summed E-state index contributed by atoms with van der Waals surface area (Å²) in [6.45, 7) is -0.407. The second kappa shape index (κ2) is 2.81. The Hall–Kier alpha value is -0.200. The van der Waals surface area contributed by atoms with E-state index in [1.165, 1.54) is 0 Å². The van der Waals surface area contributed by atoms with E-state index in [9.17, 15) is 0 Å². The number of hydrogen-bond acceptors (Lipinski definition) is 5. The Morgan fingerprint density at radius 3 is 1.90 bits per heavy atom. The van der Waals surface area contributed by atoms with E-state index in [1.807, 2.05) is 0 Å². The standard InChI is InChI=1S/C5H10O5/c6-1-2-3(7)4(8)5(9)10-2/h2-9H,1H2/t2-,3+,4-,5-/m0/s1. The maximum atomic E-state index is 8.93. The summed E-state index contributed by atoms with van der Waals surface area (Å²) >= 11 is 0. The third-order valence-corrected chi connectivity index (χ3v) is 1.52. The lowest BCUT2D eigenvalue weighted by Gasteiger charge is -2.09. The molecule has 1 rings (SSSR count). The van der Waals surface area contributed by atoms with Gasteiger partial charge in [0.15, 0.2) is 6.29 Å². The molecule has 0 bridgehead atoms. The highest BCUT2D eigenvalue weighted by atomic mass is 16.6. The summed E-state index contributed by atoms with van der Waals surface area (Å²) in [6, 6.07) is 0. The van der Waals surface area contributed by atoms with Gasteiger partial charge >= 0.3 is 0 Å². The Kier molecular flexibility index (Phi) is 2.22. The summed E-state index contributed by atoms with van der Waals surface area (Å²) in [5, 5.41) is 35.0. The van der Waals surface area contributed by atoms with Crippen LogP contribution in [0.2, 0.25) is 0 Å². The molecule has 1 saturated heterocycles. The maximum Gasteiger partial charge on any atom is 0.184 e. The fourth-order valence-electron chi connectivity index (χ4n) is 0.880. The minimum Gasteiger partial charge on any atom is -0.394 e. The maximum absolute atomic E-state index is 8.93. The van der Waals surface area contributed by atoms with Gasteiger partial charge in [0.2, 0.25) is 0 Å². The van der Waals surface area contributed by atoms with Crippen molar-refractivity contribution in [3.05, 3.63) is 0 Å². The molecule has 0 spiro atoms. The molecule has 1 aliphatic heterocycles. The van der Waals surface area contributed by atoms with Crippen molar-refractivity contribution in [1.82, 2.24) is 0 Å². The lowest BCUT2D eigenvalue weighted by molar-refractivity contribution is -0.132. The van der Waals surface area contributed by atoms with Crippen molar-refractivity contribution in [2.45, 2.75) is 24.6 Å². The molecule has 0 amide bonds. The molecular formula is C5H10O5. The van der Waals surface area contributed by atoms with Crippen molar-refractivity contribution in [2.75, 3.05) is 6.61 Å². The first-order valence-corrected chi connectivity index (χ1v) is 2.97.